The average molecular weight is 283 g/mol. The third-order valence-corrected chi connectivity index (χ3v) is 4.44. The molecule has 0 spiro atoms. The van der Waals surface area contributed by atoms with E-state index in [1.807, 2.05) is 4.90 Å². The summed E-state index contributed by atoms with van der Waals surface area (Å²) in [6, 6.07) is 6.36. The lowest BCUT2D eigenvalue weighted by molar-refractivity contribution is -0.141. The van der Waals surface area contributed by atoms with Crippen molar-refractivity contribution < 1.29 is 17.9 Å². The zero-order chi connectivity index (χ0) is 14.0. The number of sulfone groups is 1. The van der Waals surface area contributed by atoms with Crippen molar-refractivity contribution in [2.24, 2.45) is 0 Å². The maximum Gasteiger partial charge on any atom is 0.328 e. The van der Waals surface area contributed by atoms with E-state index in [1.165, 1.54) is 13.4 Å². The predicted molar refractivity (Wildman–Crippen MR) is 71.9 cm³/mol. The van der Waals surface area contributed by atoms with Crippen molar-refractivity contribution in [3.63, 3.8) is 0 Å². The van der Waals surface area contributed by atoms with Gasteiger partial charge in [-0.1, -0.05) is 12.1 Å². The average Bonchev–Trinajstić information content (AvgIpc) is 2.86. The maximum atomic E-state index is 11.8. The van der Waals surface area contributed by atoms with Crippen molar-refractivity contribution in [1.29, 1.82) is 0 Å². The third kappa shape index (κ3) is 2.73. The molecule has 0 saturated carbocycles. The number of nitrogens with zero attached hydrogens (tertiary/aromatic N) is 1. The summed E-state index contributed by atoms with van der Waals surface area (Å²) in [6.45, 7) is 0.659. The number of benzene rings is 1. The molecule has 1 aliphatic heterocycles. The smallest absolute Gasteiger partial charge is 0.328 e. The highest BCUT2D eigenvalue weighted by atomic mass is 32.2. The molecule has 0 aromatic heterocycles. The molecule has 0 N–H and O–H groups in total. The molecule has 1 saturated heterocycles. The Hall–Kier alpha value is -1.56. The zero-order valence-electron chi connectivity index (χ0n) is 11.0. The first-order valence-corrected chi connectivity index (χ1v) is 7.98. The lowest BCUT2D eigenvalue weighted by Crippen LogP contribution is -2.37. The first-order chi connectivity index (χ1) is 8.95. The van der Waals surface area contributed by atoms with Gasteiger partial charge < -0.3 is 9.64 Å². The summed E-state index contributed by atoms with van der Waals surface area (Å²) < 4.78 is 28.4. The predicted octanol–water partition coefficient (Wildman–Crippen LogP) is 1.23. The SMILES string of the molecule is COC(=O)C1CCCN1c1ccccc1S(C)(=O)=O. The van der Waals surface area contributed by atoms with E-state index >= 15 is 0 Å². The highest BCUT2D eigenvalue weighted by Crippen LogP contribution is 2.31. The van der Waals surface area contributed by atoms with Gasteiger partial charge >= 0.3 is 5.97 Å². The summed E-state index contributed by atoms with van der Waals surface area (Å²) in [6.07, 6.45) is 2.71. The Balaban J connectivity index is 2.45. The molecule has 104 valence electrons. The summed E-state index contributed by atoms with van der Waals surface area (Å²) in [5, 5.41) is 0. The van der Waals surface area contributed by atoms with Gasteiger partial charge in [-0.15, -0.1) is 0 Å². The van der Waals surface area contributed by atoms with Gasteiger partial charge in [0.05, 0.1) is 17.7 Å². The van der Waals surface area contributed by atoms with Gasteiger partial charge in [-0.25, -0.2) is 13.2 Å². The molecule has 19 heavy (non-hydrogen) atoms. The van der Waals surface area contributed by atoms with Crippen molar-refractivity contribution in [3.05, 3.63) is 24.3 Å². The molecule has 2 rings (SSSR count). The van der Waals surface area contributed by atoms with Crippen LogP contribution in [0.15, 0.2) is 29.2 Å². The molecule has 5 nitrogen and oxygen atoms in total. The summed E-state index contributed by atoms with van der Waals surface area (Å²) in [5.74, 6) is -0.319. The number of para-hydroxylation sites is 1. The second kappa shape index (κ2) is 5.21. The lowest BCUT2D eigenvalue weighted by atomic mass is 10.2. The van der Waals surface area contributed by atoms with Crippen LogP contribution in [0, 0.1) is 0 Å². The van der Waals surface area contributed by atoms with E-state index in [-0.39, 0.29) is 10.9 Å². The molecular formula is C13H17NO4S. The van der Waals surface area contributed by atoms with E-state index in [9.17, 15) is 13.2 Å². The highest BCUT2D eigenvalue weighted by molar-refractivity contribution is 7.90. The summed E-state index contributed by atoms with van der Waals surface area (Å²) >= 11 is 0. The number of esters is 1. The quantitative estimate of drug-likeness (QED) is 0.781. The standard InChI is InChI=1S/C13H17NO4S/c1-18-13(15)11-7-5-9-14(11)10-6-3-4-8-12(10)19(2,16)17/h3-4,6,8,11H,5,7,9H2,1-2H3. The second-order valence-corrected chi connectivity index (χ2v) is 6.60. The Kier molecular flexibility index (Phi) is 3.80. The van der Waals surface area contributed by atoms with Crippen molar-refractivity contribution in [3.8, 4) is 0 Å². The highest BCUT2D eigenvalue weighted by Gasteiger charge is 2.33. The van der Waals surface area contributed by atoms with Crippen LogP contribution in [0.1, 0.15) is 12.8 Å². The molecule has 0 amide bonds. The van der Waals surface area contributed by atoms with Gasteiger partial charge in [-0.05, 0) is 25.0 Å². The van der Waals surface area contributed by atoms with Crippen molar-refractivity contribution in [2.45, 2.75) is 23.8 Å². The molecule has 1 atom stereocenters. The fraction of sp³-hybridized carbons (Fsp3) is 0.462. The van der Waals surface area contributed by atoms with Gasteiger partial charge in [0.1, 0.15) is 6.04 Å². The molecule has 0 bridgehead atoms. The monoisotopic (exact) mass is 283 g/mol. The number of anilines is 1. The van der Waals surface area contributed by atoms with Crippen LogP contribution in [0.4, 0.5) is 5.69 Å². The zero-order valence-corrected chi connectivity index (χ0v) is 11.8. The minimum Gasteiger partial charge on any atom is -0.467 e. The van der Waals surface area contributed by atoms with E-state index in [1.54, 1.807) is 24.3 Å². The number of carbonyl (C=O) groups excluding carboxylic acids is 1. The van der Waals surface area contributed by atoms with Gasteiger partial charge in [0.15, 0.2) is 9.84 Å². The largest absolute Gasteiger partial charge is 0.467 e. The van der Waals surface area contributed by atoms with Crippen LogP contribution in [-0.2, 0) is 19.4 Å². The molecule has 1 fully saturated rings. The third-order valence-electron chi connectivity index (χ3n) is 3.30. The number of carbonyl (C=O) groups is 1. The van der Waals surface area contributed by atoms with E-state index in [0.29, 0.717) is 18.7 Å². The fourth-order valence-corrected chi connectivity index (χ4v) is 3.34. The number of hydrogen-bond acceptors (Lipinski definition) is 5. The van der Waals surface area contributed by atoms with E-state index in [2.05, 4.69) is 0 Å². The molecule has 6 heteroatoms. The van der Waals surface area contributed by atoms with Crippen LogP contribution >= 0.6 is 0 Å². The van der Waals surface area contributed by atoms with E-state index < -0.39 is 15.9 Å². The Morgan fingerprint density at radius 1 is 1.37 bits per heavy atom. The van der Waals surface area contributed by atoms with E-state index in [0.717, 1.165) is 6.42 Å². The van der Waals surface area contributed by atoms with Gasteiger partial charge in [0.2, 0.25) is 0 Å². The molecule has 0 radical (unpaired) electrons. The second-order valence-electron chi connectivity index (χ2n) is 4.61. The van der Waals surface area contributed by atoms with Crippen LogP contribution in [0.2, 0.25) is 0 Å². The molecule has 1 unspecified atom stereocenters. The van der Waals surface area contributed by atoms with Crippen LogP contribution in [0.5, 0.6) is 0 Å². The Morgan fingerprint density at radius 2 is 2.05 bits per heavy atom. The molecule has 0 aliphatic carbocycles. The van der Waals surface area contributed by atoms with Gasteiger partial charge in [0, 0.05) is 12.8 Å². The van der Waals surface area contributed by atoms with Crippen LogP contribution in [0.25, 0.3) is 0 Å². The lowest BCUT2D eigenvalue weighted by Gasteiger charge is -2.26. The summed E-state index contributed by atoms with van der Waals surface area (Å²) in [7, 11) is -1.97. The Bertz CT molecular complexity index is 582. The summed E-state index contributed by atoms with van der Waals surface area (Å²) in [4.78, 5) is 13.8. The number of rotatable bonds is 3. The minimum absolute atomic E-state index is 0.255. The molecule has 1 heterocycles. The topological polar surface area (TPSA) is 63.7 Å². The van der Waals surface area contributed by atoms with E-state index in [4.69, 9.17) is 4.74 Å². The van der Waals surface area contributed by atoms with Crippen molar-refractivity contribution in [2.75, 3.05) is 24.8 Å². The molecule has 1 aromatic carbocycles. The molecular weight excluding hydrogens is 266 g/mol. The van der Waals surface area contributed by atoms with Crippen LogP contribution in [0.3, 0.4) is 0 Å². The van der Waals surface area contributed by atoms with Crippen molar-refractivity contribution in [1.82, 2.24) is 0 Å². The van der Waals surface area contributed by atoms with Gasteiger partial charge in [0.25, 0.3) is 0 Å². The molecule has 1 aliphatic rings. The minimum atomic E-state index is -3.32. The number of methoxy groups -OCH3 is 1. The van der Waals surface area contributed by atoms with Crippen LogP contribution < -0.4 is 4.90 Å². The van der Waals surface area contributed by atoms with Gasteiger partial charge in [-0.3, -0.25) is 0 Å². The summed E-state index contributed by atoms with van der Waals surface area (Å²) in [5.41, 5.74) is 0.581. The van der Waals surface area contributed by atoms with Gasteiger partial charge in [-0.2, -0.15) is 0 Å². The van der Waals surface area contributed by atoms with Crippen molar-refractivity contribution >= 4 is 21.5 Å². The maximum absolute atomic E-state index is 11.8. The fourth-order valence-electron chi connectivity index (χ4n) is 2.44. The Morgan fingerprint density at radius 3 is 2.68 bits per heavy atom. The Labute approximate surface area is 113 Å². The first-order valence-electron chi connectivity index (χ1n) is 6.08. The number of hydrogen-bond donors (Lipinski definition) is 0. The first kappa shape index (κ1) is 13.9. The normalized spacial score (nSPS) is 19.5. The number of ether oxygens (including phenoxy) is 1. The van der Waals surface area contributed by atoms with Crippen LogP contribution in [-0.4, -0.2) is 40.3 Å². The molecule has 1 aromatic rings.